The molecule has 0 aliphatic carbocycles. The van der Waals surface area contributed by atoms with Gasteiger partial charge in [0.15, 0.2) is 52.0 Å². The molecule has 0 N–H and O–H groups in total. The first kappa shape index (κ1) is 61.3. The van der Waals surface area contributed by atoms with Gasteiger partial charge >= 0.3 is 0 Å². The number of fused-ring (bicyclic) bond motifs is 1. The molecule has 0 aromatic heterocycles. The number of carbonyl (C=O) groups is 7. The molecule has 0 saturated heterocycles. The Kier molecular flexibility index (Phi) is 22.9. The molecule has 0 bridgehead atoms. The van der Waals surface area contributed by atoms with E-state index in [2.05, 4.69) is 0 Å². The van der Waals surface area contributed by atoms with E-state index in [9.17, 15) is 42.3 Å². The Hall–Kier alpha value is -9.23. The number of Topliss-reactive ketones (excluding diaryl/α,β-unsaturated/α-hetero) is 7. The summed E-state index contributed by atoms with van der Waals surface area (Å²) >= 11 is 0. The summed E-state index contributed by atoms with van der Waals surface area (Å²) in [5, 5.41) is 2.14. The summed E-state index contributed by atoms with van der Waals surface area (Å²) < 4.78 is 48.3. The monoisotopic (exact) mass is 1060 g/mol. The molecule has 0 saturated carbocycles. The third kappa shape index (κ3) is 17.7. The van der Waals surface area contributed by atoms with Gasteiger partial charge in [-0.15, -0.1) is 0 Å². The van der Waals surface area contributed by atoms with Crippen molar-refractivity contribution in [1.82, 2.24) is 0 Å². The quantitative estimate of drug-likeness (QED) is 0.101. The lowest BCUT2D eigenvalue weighted by Crippen LogP contribution is -2.03. The van der Waals surface area contributed by atoms with Gasteiger partial charge in [0, 0.05) is 50.1 Å². The number of ketones is 7. The van der Waals surface area contributed by atoms with Gasteiger partial charge in [-0.3, -0.25) is 33.6 Å². The number of benzene rings is 8. The number of carbonyl (C=O) groups excluding carboxylic acids is 7. The predicted octanol–water partition coefficient (Wildman–Crippen LogP) is 15.0. The molecular formula is C65H62F2O11. The van der Waals surface area contributed by atoms with Crippen LogP contribution in [0.25, 0.3) is 33.0 Å². The maximum absolute atomic E-state index is 13.9. The van der Waals surface area contributed by atoms with Gasteiger partial charge < -0.3 is 18.9 Å². The molecule has 8 rings (SSSR count). The highest BCUT2D eigenvalue weighted by Crippen LogP contribution is 2.29. The van der Waals surface area contributed by atoms with Gasteiger partial charge in [-0.05, 0) is 156 Å². The zero-order valence-corrected chi connectivity index (χ0v) is 45.8. The van der Waals surface area contributed by atoms with Gasteiger partial charge in [-0.2, -0.15) is 0 Å². The molecule has 0 heterocycles. The van der Waals surface area contributed by atoms with Crippen molar-refractivity contribution in [2.45, 2.75) is 55.4 Å². The van der Waals surface area contributed by atoms with E-state index >= 15 is 0 Å². The zero-order valence-electron chi connectivity index (χ0n) is 45.8. The summed E-state index contributed by atoms with van der Waals surface area (Å²) in [6, 6.07) is 45.1. The molecular weight excluding hydrogens is 995 g/mol. The maximum Gasteiger partial charge on any atom is 0.160 e. The van der Waals surface area contributed by atoms with E-state index in [-0.39, 0.29) is 62.7 Å². The van der Waals surface area contributed by atoms with Gasteiger partial charge in [0.2, 0.25) is 0 Å². The number of halogens is 2. The second-order valence-electron chi connectivity index (χ2n) is 17.7. The number of aryl methyl sites for hydroxylation is 1. The molecule has 0 unspecified atom stereocenters. The third-order valence-electron chi connectivity index (χ3n) is 11.9. The minimum atomic E-state index is -0.674. The number of rotatable bonds is 13. The van der Waals surface area contributed by atoms with E-state index < -0.39 is 11.6 Å². The fraction of sp³-hybridized carbons (Fsp3) is 0.185. The summed E-state index contributed by atoms with van der Waals surface area (Å²) in [6.45, 7) is 12.0. The van der Waals surface area contributed by atoms with Crippen molar-refractivity contribution in [3.05, 3.63) is 214 Å². The van der Waals surface area contributed by atoms with E-state index in [1.807, 2.05) is 110 Å². The van der Waals surface area contributed by atoms with Crippen LogP contribution in [0.2, 0.25) is 0 Å². The molecule has 0 aliphatic rings. The molecule has 0 amide bonds. The van der Waals surface area contributed by atoms with Gasteiger partial charge in [-0.25, -0.2) is 8.78 Å². The Morgan fingerprint density at radius 3 is 1.04 bits per heavy atom. The Balaban J connectivity index is 0.000000213. The van der Waals surface area contributed by atoms with Crippen LogP contribution < -0.4 is 18.9 Å². The lowest BCUT2D eigenvalue weighted by Gasteiger charge is -2.07. The second kappa shape index (κ2) is 29.2. The van der Waals surface area contributed by atoms with E-state index in [4.69, 9.17) is 18.9 Å². The Labute approximate surface area is 453 Å². The topological polar surface area (TPSA) is 156 Å². The molecule has 0 spiro atoms. The summed E-state index contributed by atoms with van der Waals surface area (Å²) in [5.74, 6) is 1.09. The SMILES string of the molecule is CC(=O)c1cc(C(C)=O)cc(C(C)=O)c1.CC(=O)c1ccc(-c2ccc(C(C)=O)cc2F)c(F)c1.COc1ccc(-c2ccc(C(C)=O)cc2)cc1.COc1ccc(C)cc1OC.COc1ccc2cc(C(C)=O)ccc2c1. The Bertz CT molecular complexity index is 3330. The van der Waals surface area contributed by atoms with E-state index in [1.54, 1.807) is 42.3 Å². The highest BCUT2D eigenvalue weighted by Gasteiger charge is 2.14. The fourth-order valence-electron chi connectivity index (χ4n) is 7.34. The minimum Gasteiger partial charge on any atom is -0.497 e. The van der Waals surface area contributed by atoms with Crippen molar-refractivity contribution in [2.75, 3.05) is 28.4 Å². The first-order chi connectivity index (χ1) is 37.0. The standard InChI is InChI=1S/C16H12F2O2.C15H14O2.C13H12O2.C12H12O3.C9H12O2/c1-9(19)11-3-5-13(15(17)7-11)14-6-4-12(10(2)20)8-16(14)18;1-11(16)12-3-5-13(6-4-12)14-7-9-15(17-2)10-8-14;1-9(14)10-3-4-12-8-13(15-2)6-5-11(12)7-10;1-7(13)10-4-11(8(2)14)6-12(5-10)9(3)15;1-7-4-5-8(10-2)9(6-7)11-3/h3-8H,1-2H3;3-10H,1-2H3;3-8H,1-2H3;4-6H,1-3H3;4-6H,1-3H3. The van der Waals surface area contributed by atoms with Crippen LogP contribution in [-0.2, 0) is 0 Å². The normalized spacial score (nSPS) is 10.0. The van der Waals surface area contributed by atoms with Crippen LogP contribution in [0, 0.1) is 18.6 Å². The molecule has 11 nitrogen and oxygen atoms in total. The maximum atomic E-state index is 13.9. The highest BCUT2D eigenvalue weighted by molar-refractivity contribution is 6.04. The zero-order chi connectivity index (χ0) is 57.8. The van der Waals surface area contributed by atoms with E-state index in [0.29, 0.717) is 16.7 Å². The predicted molar refractivity (Wildman–Crippen MR) is 301 cm³/mol. The molecule has 0 fully saturated rings. The largest absolute Gasteiger partial charge is 0.497 e. The fourth-order valence-corrected chi connectivity index (χ4v) is 7.34. The van der Waals surface area contributed by atoms with Crippen LogP contribution in [0.5, 0.6) is 23.0 Å². The Morgan fingerprint density at radius 1 is 0.308 bits per heavy atom. The van der Waals surface area contributed by atoms with E-state index in [1.165, 1.54) is 82.6 Å². The number of hydrogen-bond donors (Lipinski definition) is 0. The van der Waals surface area contributed by atoms with Crippen molar-refractivity contribution >= 4 is 51.3 Å². The van der Waals surface area contributed by atoms with Crippen LogP contribution in [0.4, 0.5) is 8.78 Å². The number of ether oxygens (including phenoxy) is 4. The average molecular weight is 1060 g/mol. The number of methoxy groups -OCH3 is 4. The molecule has 0 atom stereocenters. The summed E-state index contributed by atoms with van der Waals surface area (Å²) in [4.78, 5) is 78.2. The smallest absolute Gasteiger partial charge is 0.160 e. The van der Waals surface area contributed by atoms with Crippen molar-refractivity contribution < 1.29 is 61.3 Å². The Morgan fingerprint density at radius 2 is 0.654 bits per heavy atom. The summed E-state index contributed by atoms with van der Waals surface area (Å²) in [5.41, 5.74) is 6.62. The van der Waals surface area contributed by atoms with Gasteiger partial charge in [-0.1, -0.05) is 84.9 Å². The molecule has 8 aromatic carbocycles. The van der Waals surface area contributed by atoms with Crippen LogP contribution in [0.3, 0.4) is 0 Å². The number of hydrogen-bond acceptors (Lipinski definition) is 11. The molecule has 13 heteroatoms. The summed E-state index contributed by atoms with van der Waals surface area (Å²) in [7, 11) is 6.56. The van der Waals surface area contributed by atoms with Crippen molar-refractivity contribution in [2.24, 2.45) is 0 Å². The van der Waals surface area contributed by atoms with Gasteiger partial charge in [0.25, 0.3) is 0 Å². The molecule has 402 valence electrons. The van der Waals surface area contributed by atoms with Crippen LogP contribution in [-0.4, -0.2) is 68.9 Å². The first-order valence-electron chi connectivity index (χ1n) is 24.3. The van der Waals surface area contributed by atoms with Gasteiger partial charge in [0.05, 0.1) is 28.4 Å². The second-order valence-corrected chi connectivity index (χ2v) is 17.7. The van der Waals surface area contributed by atoms with Crippen LogP contribution in [0.1, 0.15) is 127 Å². The van der Waals surface area contributed by atoms with Crippen molar-refractivity contribution in [3.8, 4) is 45.3 Å². The minimum absolute atomic E-state index is 0.0580. The average Bonchev–Trinajstić information content (AvgIpc) is 3.44. The lowest BCUT2D eigenvalue weighted by atomic mass is 9.99. The molecule has 78 heavy (non-hydrogen) atoms. The summed E-state index contributed by atoms with van der Waals surface area (Å²) in [6.07, 6.45) is 0. The van der Waals surface area contributed by atoms with Crippen molar-refractivity contribution in [3.63, 3.8) is 0 Å². The molecule has 8 aromatic rings. The van der Waals surface area contributed by atoms with Crippen LogP contribution >= 0.6 is 0 Å². The van der Waals surface area contributed by atoms with E-state index in [0.717, 1.165) is 68.2 Å². The first-order valence-corrected chi connectivity index (χ1v) is 24.3. The third-order valence-corrected chi connectivity index (χ3v) is 11.9. The van der Waals surface area contributed by atoms with Gasteiger partial charge in [0.1, 0.15) is 23.1 Å². The molecule has 0 aliphatic heterocycles. The van der Waals surface area contributed by atoms with Crippen LogP contribution in [0.15, 0.2) is 158 Å². The highest BCUT2D eigenvalue weighted by atomic mass is 19.1. The molecule has 0 radical (unpaired) electrons. The van der Waals surface area contributed by atoms with Crippen molar-refractivity contribution in [1.29, 1.82) is 0 Å². The lowest BCUT2D eigenvalue weighted by molar-refractivity contribution is 0.0996.